The van der Waals surface area contributed by atoms with Crippen LogP contribution < -0.4 is 10.1 Å². The molecule has 1 aromatic carbocycles. The Kier molecular flexibility index (Phi) is 5.33. The van der Waals surface area contributed by atoms with E-state index < -0.39 is 6.04 Å². The Bertz CT molecular complexity index is 757. The quantitative estimate of drug-likeness (QED) is 0.887. The van der Waals surface area contributed by atoms with Crippen molar-refractivity contribution in [1.82, 2.24) is 15.2 Å². The largest absolute Gasteiger partial charge is 0.494 e. The van der Waals surface area contributed by atoms with Gasteiger partial charge in [0.1, 0.15) is 16.8 Å². The van der Waals surface area contributed by atoms with Gasteiger partial charge in [0.25, 0.3) is 0 Å². The van der Waals surface area contributed by atoms with Crippen LogP contribution in [0.4, 0.5) is 0 Å². The molecule has 1 saturated heterocycles. The normalized spacial score (nSPS) is 17.3. The molecule has 25 heavy (non-hydrogen) atoms. The summed E-state index contributed by atoms with van der Waals surface area (Å²) in [7, 11) is 0. The molecule has 1 atom stereocenters. The molecule has 2 aromatic rings. The molecule has 3 rings (SSSR count). The fourth-order valence-electron chi connectivity index (χ4n) is 2.76. The topological polar surface area (TPSA) is 71.5 Å². The zero-order valence-electron chi connectivity index (χ0n) is 14.3. The highest BCUT2D eigenvalue weighted by Crippen LogP contribution is 2.26. The Morgan fingerprint density at radius 3 is 2.88 bits per heavy atom. The smallest absolute Gasteiger partial charge is 0.242 e. The molecule has 6 nitrogen and oxygen atoms in total. The number of nitrogens with one attached hydrogen (secondary N) is 1. The van der Waals surface area contributed by atoms with Crippen molar-refractivity contribution in [1.29, 1.82) is 0 Å². The van der Waals surface area contributed by atoms with Gasteiger partial charge in [-0.1, -0.05) is 0 Å². The van der Waals surface area contributed by atoms with Gasteiger partial charge >= 0.3 is 0 Å². The predicted molar refractivity (Wildman–Crippen MR) is 96.6 cm³/mol. The number of nitrogens with zero attached hydrogens (tertiary/aromatic N) is 2. The minimum absolute atomic E-state index is 0.0640. The van der Waals surface area contributed by atoms with Gasteiger partial charge in [0, 0.05) is 24.0 Å². The van der Waals surface area contributed by atoms with Crippen molar-refractivity contribution in [3.8, 4) is 16.3 Å². The second-order valence-electron chi connectivity index (χ2n) is 5.83. The van der Waals surface area contributed by atoms with E-state index in [2.05, 4.69) is 10.3 Å². The standard InChI is InChI=1S/C18H21N3O3S/c1-3-24-15-6-4-13(5-7-15)18-20-14(11-25-18)10-16(22)21-9-8-19-17(23)12(21)2/h4-7,11-12H,3,8-10H2,1-2H3,(H,19,23). The van der Waals surface area contributed by atoms with Crippen molar-refractivity contribution in [3.63, 3.8) is 0 Å². The lowest BCUT2D eigenvalue weighted by Gasteiger charge is -2.32. The highest BCUT2D eigenvalue weighted by Gasteiger charge is 2.29. The molecule has 1 fully saturated rings. The van der Waals surface area contributed by atoms with Crippen molar-refractivity contribution in [2.75, 3.05) is 19.7 Å². The summed E-state index contributed by atoms with van der Waals surface area (Å²) in [6.07, 6.45) is 0.213. The summed E-state index contributed by atoms with van der Waals surface area (Å²) in [5.41, 5.74) is 1.73. The molecular formula is C18H21N3O3S. The van der Waals surface area contributed by atoms with E-state index in [1.165, 1.54) is 11.3 Å². The predicted octanol–water partition coefficient (Wildman–Crippen LogP) is 2.10. The molecule has 2 amide bonds. The first-order chi connectivity index (χ1) is 12.1. The highest BCUT2D eigenvalue weighted by molar-refractivity contribution is 7.13. The van der Waals surface area contributed by atoms with E-state index in [9.17, 15) is 9.59 Å². The summed E-state index contributed by atoms with van der Waals surface area (Å²) in [6, 6.07) is 7.34. The van der Waals surface area contributed by atoms with E-state index in [4.69, 9.17) is 4.74 Å². The lowest BCUT2D eigenvalue weighted by molar-refractivity contribution is -0.142. The Morgan fingerprint density at radius 2 is 2.16 bits per heavy atom. The van der Waals surface area contributed by atoms with E-state index in [-0.39, 0.29) is 18.2 Å². The molecule has 0 saturated carbocycles. The lowest BCUT2D eigenvalue weighted by atomic mass is 10.1. The molecule has 1 aliphatic heterocycles. The van der Waals surface area contributed by atoms with E-state index in [0.717, 1.165) is 22.0 Å². The van der Waals surface area contributed by atoms with Crippen LogP contribution in [0.3, 0.4) is 0 Å². The SMILES string of the molecule is CCOc1ccc(-c2nc(CC(=O)N3CCNC(=O)C3C)cs2)cc1. The summed E-state index contributed by atoms with van der Waals surface area (Å²) in [5.74, 6) is 0.661. The number of carbonyl (C=O) groups is 2. The Hall–Kier alpha value is -2.41. The van der Waals surface area contributed by atoms with Gasteiger partial charge in [-0.15, -0.1) is 11.3 Å². The third-order valence-electron chi connectivity index (χ3n) is 4.12. The Balaban J connectivity index is 1.67. The summed E-state index contributed by atoms with van der Waals surface area (Å²) < 4.78 is 5.44. The third kappa shape index (κ3) is 3.99. The van der Waals surface area contributed by atoms with Gasteiger partial charge in [0.05, 0.1) is 18.7 Å². The molecular weight excluding hydrogens is 338 g/mol. The van der Waals surface area contributed by atoms with Crippen LogP contribution in [-0.4, -0.2) is 47.4 Å². The van der Waals surface area contributed by atoms with Gasteiger partial charge in [0.15, 0.2) is 0 Å². The first kappa shape index (κ1) is 17.4. The fourth-order valence-corrected chi connectivity index (χ4v) is 3.59. The fraction of sp³-hybridized carbons (Fsp3) is 0.389. The molecule has 0 aliphatic carbocycles. The summed E-state index contributed by atoms with van der Waals surface area (Å²) in [6.45, 7) is 5.38. The van der Waals surface area contributed by atoms with E-state index in [0.29, 0.717) is 19.7 Å². The zero-order chi connectivity index (χ0) is 17.8. The second-order valence-corrected chi connectivity index (χ2v) is 6.69. The van der Waals surface area contributed by atoms with Crippen LogP contribution in [0.5, 0.6) is 5.75 Å². The molecule has 1 unspecified atom stereocenters. The number of benzene rings is 1. The average Bonchev–Trinajstić information content (AvgIpc) is 3.06. The third-order valence-corrected chi connectivity index (χ3v) is 5.06. The number of hydrogen-bond acceptors (Lipinski definition) is 5. The maximum atomic E-state index is 12.5. The number of amides is 2. The van der Waals surface area contributed by atoms with Crippen molar-refractivity contribution in [3.05, 3.63) is 35.3 Å². The van der Waals surface area contributed by atoms with E-state index >= 15 is 0 Å². The summed E-state index contributed by atoms with van der Waals surface area (Å²) in [5, 5.41) is 5.53. The van der Waals surface area contributed by atoms with Gasteiger partial charge in [0.2, 0.25) is 11.8 Å². The van der Waals surface area contributed by atoms with E-state index in [1.807, 2.05) is 36.6 Å². The Labute approximate surface area is 150 Å². The maximum absolute atomic E-state index is 12.5. The van der Waals surface area contributed by atoms with Crippen LogP contribution in [0.1, 0.15) is 19.5 Å². The lowest BCUT2D eigenvalue weighted by Crippen LogP contribution is -2.56. The van der Waals surface area contributed by atoms with Crippen LogP contribution in [0.15, 0.2) is 29.6 Å². The van der Waals surface area contributed by atoms with Crippen molar-refractivity contribution >= 4 is 23.2 Å². The van der Waals surface area contributed by atoms with Crippen molar-refractivity contribution < 1.29 is 14.3 Å². The summed E-state index contributed by atoms with van der Waals surface area (Å²) >= 11 is 1.51. The molecule has 1 aromatic heterocycles. The van der Waals surface area contributed by atoms with Gasteiger partial charge in [-0.25, -0.2) is 4.98 Å². The zero-order valence-corrected chi connectivity index (χ0v) is 15.1. The van der Waals surface area contributed by atoms with Crippen LogP contribution in [0.25, 0.3) is 10.6 Å². The first-order valence-corrected chi connectivity index (χ1v) is 9.21. The van der Waals surface area contributed by atoms with Crippen LogP contribution in [0, 0.1) is 0 Å². The molecule has 0 radical (unpaired) electrons. The van der Waals surface area contributed by atoms with Crippen molar-refractivity contribution in [2.45, 2.75) is 26.3 Å². The number of hydrogen-bond donors (Lipinski definition) is 1. The number of thiazole rings is 1. The second kappa shape index (κ2) is 7.65. The molecule has 0 bridgehead atoms. The molecule has 7 heteroatoms. The molecule has 2 heterocycles. The monoisotopic (exact) mass is 359 g/mol. The number of ether oxygens (including phenoxy) is 1. The maximum Gasteiger partial charge on any atom is 0.242 e. The number of carbonyl (C=O) groups excluding carboxylic acids is 2. The number of rotatable bonds is 5. The van der Waals surface area contributed by atoms with Gasteiger partial charge < -0.3 is 15.0 Å². The van der Waals surface area contributed by atoms with Gasteiger partial charge in [-0.2, -0.15) is 0 Å². The number of aromatic nitrogens is 1. The molecule has 132 valence electrons. The van der Waals surface area contributed by atoms with Crippen molar-refractivity contribution in [2.24, 2.45) is 0 Å². The minimum atomic E-state index is -0.425. The minimum Gasteiger partial charge on any atom is -0.494 e. The first-order valence-electron chi connectivity index (χ1n) is 8.33. The molecule has 1 aliphatic rings. The molecule has 0 spiro atoms. The van der Waals surface area contributed by atoms with E-state index in [1.54, 1.807) is 11.8 Å². The number of piperazine rings is 1. The molecule has 1 N–H and O–H groups in total. The highest BCUT2D eigenvalue weighted by atomic mass is 32.1. The van der Waals surface area contributed by atoms with Crippen LogP contribution in [0.2, 0.25) is 0 Å². The van der Waals surface area contributed by atoms with Gasteiger partial charge in [-0.05, 0) is 38.1 Å². The summed E-state index contributed by atoms with van der Waals surface area (Å²) in [4.78, 5) is 30.4. The van der Waals surface area contributed by atoms with Crippen LogP contribution >= 0.6 is 11.3 Å². The van der Waals surface area contributed by atoms with Crippen LogP contribution in [-0.2, 0) is 16.0 Å². The Morgan fingerprint density at radius 1 is 1.40 bits per heavy atom. The van der Waals surface area contributed by atoms with Gasteiger partial charge in [-0.3, -0.25) is 9.59 Å². The average molecular weight is 359 g/mol.